The third-order valence-electron chi connectivity index (χ3n) is 7.42. The van der Waals surface area contributed by atoms with E-state index < -0.39 is 17.6 Å². The molecule has 8 heteroatoms. The number of hydrogen-bond donors (Lipinski definition) is 3. The van der Waals surface area contributed by atoms with E-state index in [1.165, 1.54) is 7.11 Å². The number of amides is 2. The van der Waals surface area contributed by atoms with Gasteiger partial charge in [-0.15, -0.1) is 0 Å². The van der Waals surface area contributed by atoms with E-state index in [9.17, 15) is 14.4 Å². The summed E-state index contributed by atoms with van der Waals surface area (Å²) in [5.74, 6) is 0.000884. The summed E-state index contributed by atoms with van der Waals surface area (Å²) in [4.78, 5) is 38.1. The highest BCUT2D eigenvalue weighted by Crippen LogP contribution is 2.43. The van der Waals surface area contributed by atoms with E-state index in [4.69, 9.17) is 15.2 Å². The van der Waals surface area contributed by atoms with Gasteiger partial charge in [0.25, 0.3) is 0 Å². The summed E-state index contributed by atoms with van der Waals surface area (Å²) in [7, 11) is 1.53. The van der Waals surface area contributed by atoms with Crippen LogP contribution in [0.2, 0.25) is 0 Å². The number of nitrogens with one attached hydrogen (secondary N) is 2. The molecule has 204 valence electrons. The zero-order valence-electron chi connectivity index (χ0n) is 22.1. The number of para-hydroxylation sites is 1. The highest BCUT2D eigenvalue weighted by molar-refractivity contribution is 6.03. The molecule has 2 amide bonds. The first-order valence-corrected chi connectivity index (χ1v) is 13.2. The highest BCUT2D eigenvalue weighted by Gasteiger charge is 2.46. The van der Waals surface area contributed by atoms with Crippen molar-refractivity contribution in [2.45, 2.75) is 49.8 Å². The third-order valence-corrected chi connectivity index (χ3v) is 7.42. The molecule has 1 aliphatic rings. The van der Waals surface area contributed by atoms with E-state index >= 15 is 0 Å². The van der Waals surface area contributed by atoms with E-state index in [2.05, 4.69) is 10.6 Å². The van der Waals surface area contributed by atoms with Crippen molar-refractivity contribution in [3.63, 3.8) is 0 Å². The Morgan fingerprint density at radius 3 is 2.18 bits per heavy atom. The van der Waals surface area contributed by atoms with Crippen molar-refractivity contribution >= 4 is 17.8 Å². The molecule has 1 saturated carbocycles. The topological polar surface area (TPSA) is 120 Å². The lowest BCUT2D eigenvalue weighted by Gasteiger charge is -2.43. The molecule has 3 aromatic carbocycles. The Bertz CT molecular complexity index is 1260. The molecule has 1 unspecified atom stereocenters. The van der Waals surface area contributed by atoms with Gasteiger partial charge < -0.3 is 25.8 Å². The Morgan fingerprint density at radius 2 is 1.51 bits per heavy atom. The zero-order valence-corrected chi connectivity index (χ0v) is 22.1. The van der Waals surface area contributed by atoms with Crippen LogP contribution in [0.25, 0.3) is 0 Å². The van der Waals surface area contributed by atoms with E-state index in [-0.39, 0.29) is 24.3 Å². The maximum absolute atomic E-state index is 13.6. The lowest BCUT2D eigenvalue weighted by Crippen LogP contribution is -2.53. The number of nitrogens with two attached hydrogens (primary N) is 1. The minimum Gasteiger partial charge on any atom is -0.496 e. The smallest absolute Gasteiger partial charge is 0.407 e. The molecule has 1 atom stereocenters. The molecule has 0 aliphatic heterocycles. The minimum absolute atomic E-state index is 0.176. The number of alkyl carbamates (subject to hydrolysis) is 1. The maximum Gasteiger partial charge on any atom is 0.407 e. The molecule has 3 aromatic rings. The van der Waals surface area contributed by atoms with E-state index in [0.717, 1.165) is 11.1 Å². The van der Waals surface area contributed by atoms with Crippen LogP contribution in [0.3, 0.4) is 0 Å². The summed E-state index contributed by atoms with van der Waals surface area (Å²) in [6.07, 6.45) is 1.22. The number of methoxy groups -OCH3 is 1. The van der Waals surface area contributed by atoms with Gasteiger partial charge in [0.2, 0.25) is 5.91 Å². The molecule has 4 rings (SSSR count). The first-order chi connectivity index (χ1) is 18.9. The number of rotatable bonds is 10. The summed E-state index contributed by atoms with van der Waals surface area (Å²) < 4.78 is 11.0. The fourth-order valence-electron chi connectivity index (χ4n) is 5.24. The van der Waals surface area contributed by atoms with Gasteiger partial charge in [-0.25, -0.2) is 4.79 Å². The van der Waals surface area contributed by atoms with Gasteiger partial charge in [0, 0.05) is 12.0 Å². The van der Waals surface area contributed by atoms with E-state index in [1.807, 2.05) is 66.7 Å². The number of ether oxygens (including phenoxy) is 2. The fourth-order valence-corrected chi connectivity index (χ4v) is 5.24. The second kappa shape index (κ2) is 13.1. The van der Waals surface area contributed by atoms with Crippen molar-refractivity contribution in [1.82, 2.24) is 10.6 Å². The number of ketones is 1. The molecular weight excluding hydrogens is 494 g/mol. The lowest BCUT2D eigenvalue weighted by molar-refractivity contribution is -0.120. The summed E-state index contributed by atoms with van der Waals surface area (Å²) in [6.45, 7) is 0.207. The van der Waals surface area contributed by atoms with Crippen molar-refractivity contribution in [2.24, 2.45) is 5.73 Å². The van der Waals surface area contributed by atoms with Crippen molar-refractivity contribution in [1.29, 1.82) is 0 Å². The first-order valence-electron chi connectivity index (χ1n) is 13.2. The van der Waals surface area contributed by atoms with Gasteiger partial charge in [-0.3, -0.25) is 9.59 Å². The average molecular weight is 530 g/mol. The van der Waals surface area contributed by atoms with Crippen LogP contribution < -0.4 is 21.1 Å². The minimum atomic E-state index is -0.806. The van der Waals surface area contributed by atoms with Gasteiger partial charge >= 0.3 is 6.09 Å². The first kappa shape index (κ1) is 27.9. The van der Waals surface area contributed by atoms with Crippen LogP contribution in [0.15, 0.2) is 84.9 Å². The van der Waals surface area contributed by atoms with Crippen LogP contribution in [0, 0.1) is 0 Å². The standard InChI is InChI=1S/C31H35N3O5/c1-38-26-15-9-8-14-25(26)28(36)29(32)31(23-12-6-3-7-13-23)18-16-24(17-19-31)39-30(37)34-21-27(35)33-20-22-10-4-2-5-11-22/h2-15,24,29H,16-21,32H2,1H3,(H,33,35)(H,34,37). The highest BCUT2D eigenvalue weighted by atomic mass is 16.6. The van der Waals surface area contributed by atoms with E-state index in [0.29, 0.717) is 43.5 Å². The summed E-state index contributed by atoms with van der Waals surface area (Å²) in [6, 6.07) is 25.6. The molecule has 0 heterocycles. The van der Waals surface area contributed by atoms with Crippen LogP contribution in [-0.2, 0) is 21.5 Å². The molecule has 0 radical (unpaired) electrons. The van der Waals surface area contributed by atoms with Crippen LogP contribution >= 0.6 is 0 Å². The van der Waals surface area contributed by atoms with Crippen molar-refractivity contribution < 1.29 is 23.9 Å². The Labute approximate surface area is 228 Å². The van der Waals surface area contributed by atoms with Crippen LogP contribution in [0.4, 0.5) is 4.79 Å². The van der Waals surface area contributed by atoms with Crippen molar-refractivity contribution in [3.05, 3.63) is 102 Å². The molecule has 0 spiro atoms. The Kier molecular flexibility index (Phi) is 9.33. The van der Waals surface area contributed by atoms with Gasteiger partial charge in [-0.05, 0) is 48.9 Å². The van der Waals surface area contributed by atoms with Crippen LogP contribution in [-0.4, -0.2) is 43.6 Å². The summed E-state index contributed by atoms with van der Waals surface area (Å²) in [5.41, 5.74) is 8.53. The van der Waals surface area contributed by atoms with Gasteiger partial charge in [0.1, 0.15) is 18.4 Å². The normalized spacial score (nSPS) is 19.4. The zero-order chi connectivity index (χ0) is 27.7. The fraction of sp³-hybridized carbons (Fsp3) is 0.323. The average Bonchev–Trinajstić information content (AvgIpc) is 2.99. The maximum atomic E-state index is 13.6. The Hall–Kier alpha value is -4.17. The van der Waals surface area contributed by atoms with Crippen LogP contribution in [0.5, 0.6) is 5.75 Å². The lowest BCUT2D eigenvalue weighted by atomic mass is 9.63. The summed E-state index contributed by atoms with van der Waals surface area (Å²) in [5, 5.41) is 5.30. The number of hydrogen-bond acceptors (Lipinski definition) is 6. The predicted octanol–water partition coefficient (Wildman–Crippen LogP) is 4.13. The monoisotopic (exact) mass is 529 g/mol. The van der Waals surface area contributed by atoms with E-state index in [1.54, 1.807) is 18.2 Å². The molecule has 0 aromatic heterocycles. The summed E-state index contributed by atoms with van der Waals surface area (Å²) >= 11 is 0. The molecule has 1 aliphatic carbocycles. The molecular formula is C31H35N3O5. The third kappa shape index (κ3) is 6.83. The van der Waals surface area contributed by atoms with Gasteiger partial charge in [-0.1, -0.05) is 72.8 Å². The number of carbonyl (C=O) groups is 3. The molecule has 8 nitrogen and oxygen atoms in total. The van der Waals surface area contributed by atoms with Crippen molar-refractivity contribution in [2.75, 3.05) is 13.7 Å². The van der Waals surface area contributed by atoms with Gasteiger partial charge in [0.15, 0.2) is 5.78 Å². The largest absolute Gasteiger partial charge is 0.496 e. The number of Topliss-reactive ketones (excluding diaryl/α,β-unsaturated/α-hetero) is 1. The number of carbonyl (C=O) groups excluding carboxylic acids is 3. The van der Waals surface area contributed by atoms with Crippen LogP contribution in [0.1, 0.15) is 47.2 Å². The second-order valence-electron chi connectivity index (χ2n) is 9.78. The molecule has 0 bridgehead atoms. The quantitative estimate of drug-likeness (QED) is 0.340. The molecule has 39 heavy (non-hydrogen) atoms. The number of benzene rings is 3. The predicted molar refractivity (Wildman–Crippen MR) is 148 cm³/mol. The van der Waals surface area contributed by atoms with Crippen molar-refractivity contribution in [3.8, 4) is 5.75 Å². The SMILES string of the molecule is COc1ccccc1C(=O)C(N)C1(c2ccccc2)CCC(OC(=O)NCC(=O)NCc2ccccc2)CC1. The van der Waals surface area contributed by atoms with Gasteiger partial charge in [-0.2, -0.15) is 0 Å². The Balaban J connectivity index is 1.36. The molecule has 4 N–H and O–H groups in total. The molecule has 1 fully saturated rings. The second-order valence-corrected chi connectivity index (χ2v) is 9.78. The Morgan fingerprint density at radius 1 is 0.897 bits per heavy atom. The molecule has 0 saturated heterocycles. The van der Waals surface area contributed by atoms with Gasteiger partial charge in [0.05, 0.1) is 18.7 Å².